The number of halogens is 1. The average Bonchev–Trinajstić information content (AvgIpc) is 1.86. The lowest BCUT2D eigenvalue weighted by Crippen LogP contribution is -1.86. The minimum absolute atomic E-state index is 0.592. The summed E-state index contributed by atoms with van der Waals surface area (Å²) in [4.78, 5) is 0. The first-order valence-electron chi connectivity index (χ1n) is 1.56. The Morgan fingerprint density at radius 3 is 3.00 bits per heavy atom. The number of nitrogens with zero attached hydrogens (tertiary/aromatic N) is 1. The highest BCUT2D eigenvalue weighted by Gasteiger charge is 2.02. The van der Waals surface area contributed by atoms with Gasteiger partial charge in [0.25, 0.3) is 0 Å². The first-order valence-corrected chi connectivity index (χ1v) is 5.24. The molecule has 0 amide bonds. The Kier molecular flexibility index (Phi) is 2.25. The summed E-state index contributed by atoms with van der Waals surface area (Å²) in [5.74, 6) is 1.21. The summed E-state index contributed by atoms with van der Waals surface area (Å²) in [6.07, 6.45) is 0. The van der Waals surface area contributed by atoms with E-state index in [1.54, 1.807) is 0 Å². The van der Waals surface area contributed by atoms with Gasteiger partial charge in [-0.25, -0.2) is 4.36 Å². The van der Waals surface area contributed by atoms with E-state index in [1.807, 2.05) is 10.8 Å². The van der Waals surface area contributed by atoms with Crippen LogP contribution in [0.1, 0.15) is 0 Å². The molecular formula is C2H4INS2. The van der Waals surface area contributed by atoms with Gasteiger partial charge in [0, 0.05) is 5.75 Å². The van der Waals surface area contributed by atoms with Crippen molar-refractivity contribution in [1.29, 1.82) is 0 Å². The molecule has 0 aliphatic carbocycles. The number of rotatable bonds is 0. The van der Waals surface area contributed by atoms with E-state index in [0.717, 1.165) is 0 Å². The highest BCUT2D eigenvalue weighted by molar-refractivity contribution is 14.1. The Morgan fingerprint density at radius 1 is 2.00 bits per heavy atom. The zero-order chi connectivity index (χ0) is 4.41. The molecule has 1 aliphatic heterocycles. The maximum absolute atomic E-state index is 4.16. The quantitative estimate of drug-likeness (QED) is 0.219. The molecule has 1 atom stereocenters. The number of hydrogen-bond donors (Lipinski definition) is 1. The van der Waals surface area contributed by atoms with Gasteiger partial charge in [-0.1, -0.05) is 44.0 Å². The molecule has 0 spiro atoms. The van der Waals surface area contributed by atoms with E-state index < -0.39 is 0 Å². The molecule has 0 fully saturated rings. The first kappa shape index (κ1) is 5.37. The van der Waals surface area contributed by atoms with Crippen LogP contribution in [0.15, 0.2) is 4.36 Å². The van der Waals surface area contributed by atoms with Crippen LogP contribution in [0.4, 0.5) is 0 Å². The van der Waals surface area contributed by atoms with Crippen molar-refractivity contribution in [2.75, 3.05) is 5.75 Å². The van der Waals surface area contributed by atoms with Crippen LogP contribution >= 0.6 is 33.4 Å². The van der Waals surface area contributed by atoms with Crippen molar-refractivity contribution < 1.29 is 0 Å². The molecule has 6 heavy (non-hydrogen) atoms. The van der Waals surface area contributed by atoms with Crippen molar-refractivity contribution in [3.63, 3.8) is 0 Å². The molecule has 4 heteroatoms. The van der Waals surface area contributed by atoms with Crippen molar-refractivity contribution in [3.05, 3.63) is 0 Å². The summed E-state index contributed by atoms with van der Waals surface area (Å²) in [7, 11) is 3.10. The Hall–Kier alpha value is 1.23. The Morgan fingerprint density at radius 2 is 2.83 bits per heavy atom. The predicted octanol–water partition coefficient (Wildman–Crippen LogP) is 1.41. The van der Waals surface area contributed by atoms with E-state index in [1.165, 1.54) is 16.3 Å². The smallest absolute Gasteiger partial charge is 0.118 e. The third-order valence-corrected chi connectivity index (χ3v) is 4.23. The summed E-state index contributed by atoms with van der Waals surface area (Å²) in [6.45, 7) is 0. The highest BCUT2D eigenvalue weighted by atomic mass is 127. The van der Waals surface area contributed by atoms with E-state index >= 15 is 0 Å². The zero-order valence-corrected chi connectivity index (χ0v) is 6.83. The van der Waals surface area contributed by atoms with Crippen molar-refractivity contribution in [1.82, 2.24) is 0 Å². The second kappa shape index (κ2) is 2.52. The maximum atomic E-state index is 4.16. The third-order valence-electron chi connectivity index (χ3n) is 0.442. The van der Waals surface area contributed by atoms with Crippen molar-refractivity contribution in [3.8, 4) is 0 Å². The van der Waals surface area contributed by atoms with Gasteiger partial charge in [0.2, 0.25) is 0 Å². The normalized spacial score (nSPS) is 33.2. The lowest BCUT2D eigenvalue weighted by molar-refractivity contribution is 1.15. The monoisotopic (exact) mass is 233 g/mol. The van der Waals surface area contributed by atoms with Gasteiger partial charge < -0.3 is 0 Å². The molecule has 0 aromatic carbocycles. The molecular weight excluding hydrogens is 229 g/mol. The van der Waals surface area contributed by atoms with Gasteiger partial charge in [-0.3, -0.25) is 0 Å². The fraction of sp³-hybridized carbons (Fsp3) is 1.00. The fourth-order valence-electron chi connectivity index (χ4n) is 0.213. The average molecular weight is 233 g/mol. The summed E-state index contributed by atoms with van der Waals surface area (Å²) < 4.78 is 4.75. The van der Waals surface area contributed by atoms with Crippen LogP contribution in [0.3, 0.4) is 0 Å². The minimum atomic E-state index is 0.592. The summed E-state index contributed by atoms with van der Waals surface area (Å²) in [5, 5.41) is 0. The first-order chi connectivity index (χ1) is 2.89. The van der Waals surface area contributed by atoms with Crippen LogP contribution in [0.5, 0.6) is 0 Å². The molecule has 0 aromatic rings. The molecule has 1 unspecified atom stereocenters. The molecule has 0 saturated heterocycles. The summed E-state index contributed by atoms with van der Waals surface area (Å²) >= 11 is 2.34. The van der Waals surface area contributed by atoms with Crippen LogP contribution in [0.25, 0.3) is 0 Å². The van der Waals surface area contributed by atoms with Gasteiger partial charge in [-0.15, -0.1) is 0 Å². The number of alkyl halides is 1. The topological polar surface area (TPSA) is 12.4 Å². The van der Waals surface area contributed by atoms with E-state index in [0.29, 0.717) is 4.05 Å². The third kappa shape index (κ3) is 1.38. The molecule has 36 valence electrons. The largest absolute Gasteiger partial charge is 0.243 e. The molecule has 0 aromatic heterocycles. The van der Waals surface area contributed by atoms with E-state index in [2.05, 4.69) is 27.0 Å². The molecule has 0 radical (unpaired) electrons. The summed E-state index contributed by atoms with van der Waals surface area (Å²) in [5.41, 5.74) is 0. The molecule has 1 aliphatic rings. The lowest BCUT2D eigenvalue weighted by atomic mass is 10.8. The number of hydrogen-bond acceptors (Lipinski definition) is 2. The molecule has 0 N–H and O–H groups in total. The van der Waals surface area contributed by atoms with E-state index in [4.69, 9.17) is 0 Å². The standard InChI is InChI=1S/C2H4INS2/c3-2-1-5-6-4-2/h2,6H,1H2. The van der Waals surface area contributed by atoms with Gasteiger partial charge in [0.1, 0.15) is 4.05 Å². The van der Waals surface area contributed by atoms with Crippen LogP contribution < -0.4 is 0 Å². The zero-order valence-electron chi connectivity index (χ0n) is 2.97. The summed E-state index contributed by atoms with van der Waals surface area (Å²) in [6, 6.07) is 0. The van der Waals surface area contributed by atoms with Crippen LogP contribution in [-0.2, 0) is 10.6 Å². The van der Waals surface area contributed by atoms with Gasteiger partial charge >= 0.3 is 0 Å². The Labute approximate surface area is 57.9 Å². The van der Waals surface area contributed by atoms with Gasteiger partial charge in [0.15, 0.2) is 0 Å². The van der Waals surface area contributed by atoms with E-state index in [9.17, 15) is 0 Å². The molecule has 1 rings (SSSR count). The molecule has 0 saturated carbocycles. The van der Waals surface area contributed by atoms with Crippen molar-refractivity contribution in [2.24, 2.45) is 4.36 Å². The number of thiol groups is 1. The van der Waals surface area contributed by atoms with Crippen LogP contribution in [0, 0.1) is 0 Å². The van der Waals surface area contributed by atoms with Crippen molar-refractivity contribution >= 4 is 44.0 Å². The van der Waals surface area contributed by atoms with Gasteiger partial charge in [-0.05, 0) is 0 Å². The second-order valence-corrected chi connectivity index (χ2v) is 4.62. The second-order valence-electron chi connectivity index (χ2n) is 0.927. The Bertz CT molecular complexity index is 73.9. The predicted molar refractivity (Wildman–Crippen MR) is 41.5 cm³/mol. The van der Waals surface area contributed by atoms with Crippen LogP contribution in [-0.4, -0.2) is 9.80 Å². The maximum Gasteiger partial charge on any atom is 0.118 e. The van der Waals surface area contributed by atoms with Crippen molar-refractivity contribution in [2.45, 2.75) is 4.05 Å². The van der Waals surface area contributed by atoms with Gasteiger partial charge in [0.05, 0.1) is 0 Å². The lowest BCUT2D eigenvalue weighted by Gasteiger charge is -1.84. The fourth-order valence-corrected chi connectivity index (χ4v) is 4.28. The molecule has 0 bridgehead atoms. The van der Waals surface area contributed by atoms with Gasteiger partial charge in [-0.2, -0.15) is 0 Å². The molecule has 1 heterocycles. The Balaban J connectivity index is 2.38. The molecule has 1 nitrogen and oxygen atoms in total. The van der Waals surface area contributed by atoms with Crippen LogP contribution in [0.2, 0.25) is 0 Å². The minimum Gasteiger partial charge on any atom is -0.243 e. The highest BCUT2D eigenvalue weighted by Crippen LogP contribution is 2.18. The van der Waals surface area contributed by atoms with E-state index in [-0.39, 0.29) is 0 Å². The SMILES string of the molecule is IC1CS[SH]=N1.